The molecule has 1 aliphatic rings. The van der Waals surface area contributed by atoms with Crippen molar-refractivity contribution in [3.63, 3.8) is 0 Å². The summed E-state index contributed by atoms with van der Waals surface area (Å²) in [6.45, 7) is 1.23. The smallest absolute Gasteiger partial charge is 0.306 e. The summed E-state index contributed by atoms with van der Waals surface area (Å²) in [7, 11) is 3.23. The van der Waals surface area contributed by atoms with Crippen molar-refractivity contribution in [2.24, 2.45) is 5.92 Å². The first kappa shape index (κ1) is 20.8. The number of nitrogens with zero attached hydrogens (tertiary/aromatic N) is 1. The van der Waals surface area contributed by atoms with Gasteiger partial charge < -0.3 is 14.6 Å². The molecule has 0 aromatic heterocycles. The summed E-state index contributed by atoms with van der Waals surface area (Å²) in [6, 6.07) is 10.9. The van der Waals surface area contributed by atoms with Gasteiger partial charge in [-0.25, -0.2) is 0 Å². The Hall–Kier alpha value is -1.95. The van der Waals surface area contributed by atoms with E-state index >= 15 is 0 Å². The van der Waals surface area contributed by atoms with Crippen molar-refractivity contribution in [2.45, 2.75) is 18.9 Å². The molecule has 1 saturated heterocycles. The second-order valence-electron chi connectivity index (χ2n) is 6.77. The lowest BCUT2D eigenvalue weighted by Crippen LogP contribution is -2.39. The van der Waals surface area contributed by atoms with Crippen LogP contribution in [0.25, 0.3) is 0 Å². The van der Waals surface area contributed by atoms with Gasteiger partial charge in [-0.3, -0.25) is 9.69 Å². The maximum absolute atomic E-state index is 11.4. The first-order valence-corrected chi connectivity index (χ1v) is 9.85. The number of hydrogen-bond donors (Lipinski definition) is 1. The molecule has 1 aliphatic heterocycles. The maximum atomic E-state index is 11.4. The molecule has 28 heavy (non-hydrogen) atoms. The molecule has 1 atom stereocenters. The van der Waals surface area contributed by atoms with Gasteiger partial charge in [-0.15, -0.1) is 0 Å². The fourth-order valence-corrected chi connectivity index (χ4v) is 4.23. The number of piperidine rings is 1. The van der Waals surface area contributed by atoms with E-state index in [4.69, 9.17) is 32.7 Å². The lowest BCUT2D eigenvalue weighted by Gasteiger charge is -2.38. The third-order valence-electron chi connectivity index (χ3n) is 5.26. The topological polar surface area (TPSA) is 59.0 Å². The number of methoxy groups -OCH3 is 2. The molecule has 1 N–H and O–H groups in total. The molecule has 5 nitrogen and oxygen atoms in total. The molecule has 3 rings (SSSR count). The second-order valence-corrected chi connectivity index (χ2v) is 7.56. The molecule has 0 bridgehead atoms. The Bertz CT molecular complexity index is 828. The molecule has 2 aromatic rings. The number of aliphatic carboxylic acids is 1. The van der Waals surface area contributed by atoms with E-state index in [9.17, 15) is 9.90 Å². The van der Waals surface area contributed by atoms with Crippen molar-refractivity contribution in [2.75, 3.05) is 27.3 Å². The van der Waals surface area contributed by atoms with E-state index in [1.54, 1.807) is 20.3 Å². The highest BCUT2D eigenvalue weighted by Gasteiger charge is 2.34. The van der Waals surface area contributed by atoms with Crippen molar-refractivity contribution in [3.05, 3.63) is 57.6 Å². The molecule has 1 heterocycles. The van der Waals surface area contributed by atoms with E-state index in [2.05, 4.69) is 4.90 Å². The Balaban J connectivity index is 2.12. The summed E-state index contributed by atoms with van der Waals surface area (Å²) in [5, 5.41) is 10.3. The molecule has 1 unspecified atom stereocenters. The molecule has 2 aromatic carbocycles. The van der Waals surface area contributed by atoms with Crippen molar-refractivity contribution in [1.29, 1.82) is 0 Å². The largest absolute Gasteiger partial charge is 0.496 e. The second kappa shape index (κ2) is 9.03. The third kappa shape index (κ3) is 4.07. The van der Waals surface area contributed by atoms with Crippen molar-refractivity contribution in [3.8, 4) is 11.5 Å². The van der Waals surface area contributed by atoms with Gasteiger partial charge in [0.15, 0.2) is 0 Å². The number of carboxylic acid groups (broad SMARTS) is 1. The van der Waals surface area contributed by atoms with Crippen LogP contribution in [0.1, 0.15) is 30.0 Å². The zero-order chi connectivity index (χ0) is 20.3. The third-order valence-corrected chi connectivity index (χ3v) is 6.09. The van der Waals surface area contributed by atoms with Crippen molar-refractivity contribution >= 4 is 29.2 Å². The predicted molar refractivity (Wildman–Crippen MR) is 110 cm³/mol. The summed E-state index contributed by atoms with van der Waals surface area (Å²) < 4.78 is 11.3. The summed E-state index contributed by atoms with van der Waals surface area (Å²) >= 11 is 12.9. The van der Waals surface area contributed by atoms with Crippen LogP contribution in [0.5, 0.6) is 11.5 Å². The summed E-state index contributed by atoms with van der Waals surface area (Å²) in [5.41, 5.74) is 1.69. The molecule has 1 fully saturated rings. The minimum Gasteiger partial charge on any atom is -0.496 e. The Kier molecular flexibility index (Phi) is 6.70. The van der Waals surface area contributed by atoms with Gasteiger partial charge in [0.1, 0.15) is 11.5 Å². The monoisotopic (exact) mass is 423 g/mol. The molecule has 0 amide bonds. The zero-order valence-corrected chi connectivity index (χ0v) is 17.3. The van der Waals surface area contributed by atoms with Crippen LogP contribution in [0.4, 0.5) is 0 Å². The van der Waals surface area contributed by atoms with E-state index in [0.29, 0.717) is 47.5 Å². The molecule has 0 saturated carbocycles. The van der Waals surface area contributed by atoms with E-state index < -0.39 is 5.97 Å². The molecule has 150 valence electrons. The van der Waals surface area contributed by atoms with E-state index in [1.165, 1.54) is 0 Å². The van der Waals surface area contributed by atoms with Gasteiger partial charge >= 0.3 is 5.97 Å². The van der Waals surface area contributed by atoms with Crippen LogP contribution < -0.4 is 9.47 Å². The van der Waals surface area contributed by atoms with Crippen LogP contribution in [-0.4, -0.2) is 43.3 Å². The molecule has 0 spiro atoms. The first-order chi connectivity index (χ1) is 13.5. The Morgan fingerprint density at radius 1 is 1.07 bits per heavy atom. The van der Waals surface area contributed by atoms with Crippen LogP contribution in [-0.2, 0) is 4.79 Å². The molecule has 7 heteroatoms. The van der Waals surface area contributed by atoms with Gasteiger partial charge in [0.2, 0.25) is 0 Å². The highest BCUT2D eigenvalue weighted by atomic mass is 35.5. The summed E-state index contributed by atoms with van der Waals surface area (Å²) in [5.74, 6) is 0.291. The molecule has 0 radical (unpaired) electrons. The van der Waals surface area contributed by atoms with Gasteiger partial charge in [-0.05, 0) is 49.7 Å². The zero-order valence-electron chi connectivity index (χ0n) is 15.8. The van der Waals surface area contributed by atoms with E-state index in [1.807, 2.05) is 30.3 Å². The van der Waals surface area contributed by atoms with Gasteiger partial charge in [0.05, 0.1) is 41.8 Å². The number of hydrogen-bond acceptors (Lipinski definition) is 4. The number of likely N-dealkylation sites (tertiary alicyclic amines) is 1. The number of carbonyl (C=O) groups is 1. The molecule has 0 aliphatic carbocycles. The lowest BCUT2D eigenvalue weighted by atomic mass is 9.90. The minimum atomic E-state index is -0.744. The summed E-state index contributed by atoms with van der Waals surface area (Å²) in [4.78, 5) is 13.6. The molecular formula is C21H23Cl2NO4. The first-order valence-electron chi connectivity index (χ1n) is 9.09. The normalized spacial score (nSPS) is 16.6. The standard InChI is InChI=1S/C21H23Cl2NO4/c1-27-16-7-4-8-17(28-2)18(16)20(14-5-3-6-15(22)19(14)23)24-11-9-13(10-12-24)21(25)26/h3-8,13,20H,9-12H2,1-2H3,(H,25,26). The number of ether oxygens (including phenoxy) is 2. The number of rotatable bonds is 6. The van der Waals surface area contributed by atoms with Crippen LogP contribution >= 0.6 is 23.2 Å². The fraction of sp³-hybridized carbons (Fsp3) is 0.381. The van der Waals surface area contributed by atoms with Gasteiger partial charge in [0, 0.05) is 0 Å². The van der Waals surface area contributed by atoms with Gasteiger partial charge in [-0.1, -0.05) is 41.4 Å². The van der Waals surface area contributed by atoms with Crippen LogP contribution in [0.15, 0.2) is 36.4 Å². The lowest BCUT2D eigenvalue weighted by molar-refractivity contribution is -0.143. The van der Waals surface area contributed by atoms with Crippen LogP contribution in [0, 0.1) is 5.92 Å². The Morgan fingerprint density at radius 2 is 1.64 bits per heavy atom. The van der Waals surface area contributed by atoms with Crippen LogP contribution in [0.3, 0.4) is 0 Å². The van der Waals surface area contributed by atoms with E-state index in [-0.39, 0.29) is 12.0 Å². The highest BCUT2D eigenvalue weighted by Crippen LogP contribution is 2.45. The van der Waals surface area contributed by atoms with Crippen molar-refractivity contribution in [1.82, 2.24) is 4.90 Å². The average molecular weight is 424 g/mol. The fourth-order valence-electron chi connectivity index (χ4n) is 3.82. The van der Waals surface area contributed by atoms with Gasteiger partial charge in [0.25, 0.3) is 0 Å². The Labute approximate surface area is 174 Å². The summed E-state index contributed by atoms with van der Waals surface area (Å²) in [6.07, 6.45) is 1.14. The minimum absolute atomic E-state index is 0.271. The van der Waals surface area contributed by atoms with E-state index in [0.717, 1.165) is 11.1 Å². The number of halogens is 2. The SMILES string of the molecule is COc1cccc(OC)c1C(c1cccc(Cl)c1Cl)N1CCC(C(=O)O)CC1. The predicted octanol–water partition coefficient (Wildman–Crippen LogP) is 4.90. The van der Waals surface area contributed by atoms with Gasteiger partial charge in [-0.2, -0.15) is 0 Å². The Morgan fingerprint density at radius 3 is 2.18 bits per heavy atom. The quantitative estimate of drug-likeness (QED) is 0.715. The molecular weight excluding hydrogens is 401 g/mol. The van der Waals surface area contributed by atoms with Crippen molar-refractivity contribution < 1.29 is 19.4 Å². The highest BCUT2D eigenvalue weighted by molar-refractivity contribution is 6.42. The average Bonchev–Trinajstić information content (AvgIpc) is 2.71. The number of benzene rings is 2. The van der Waals surface area contributed by atoms with Crippen LogP contribution in [0.2, 0.25) is 10.0 Å². The number of carboxylic acids is 1. The maximum Gasteiger partial charge on any atom is 0.306 e.